The van der Waals surface area contributed by atoms with E-state index in [1.807, 2.05) is 38.1 Å². The van der Waals surface area contributed by atoms with Crippen LogP contribution < -0.4 is 10.2 Å². The molecule has 1 aliphatic rings. The molecule has 0 saturated heterocycles. The Hall–Kier alpha value is -3.54. The number of halogens is 1. The van der Waals surface area contributed by atoms with Crippen LogP contribution in [0.15, 0.2) is 66.9 Å². The summed E-state index contributed by atoms with van der Waals surface area (Å²) in [5.74, 6) is -0.688. The number of aromatic nitrogens is 1. The van der Waals surface area contributed by atoms with Gasteiger partial charge in [-0.3, -0.25) is 19.5 Å². The van der Waals surface area contributed by atoms with Crippen LogP contribution in [0.3, 0.4) is 0 Å². The standard InChI is InChI=1S/C24H22FN3O2/c1-15-5-3-6-19(13-15)28-21(23-20(24(28)30)7-4-12-26-23)14-22(29)27-16(2)17-8-10-18(25)11-9-17/h3-13,16,21H,14H2,1-2H3,(H,27,29)/t16-,21-/m1/s1. The zero-order valence-electron chi connectivity index (χ0n) is 16.8. The third-order valence-electron chi connectivity index (χ3n) is 5.32. The number of nitrogens with zero attached hydrogens (tertiary/aromatic N) is 2. The molecule has 30 heavy (non-hydrogen) atoms. The number of fused-ring (bicyclic) bond motifs is 1. The van der Waals surface area contributed by atoms with Crippen LogP contribution in [-0.2, 0) is 4.79 Å². The lowest BCUT2D eigenvalue weighted by Gasteiger charge is -2.25. The number of aryl methyl sites for hydroxylation is 1. The van der Waals surface area contributed by atoms with E-state index in [1.165, 1.54) is 12.1 Å². The van der Waals surface area contributed by atoms with Gasteiger partial charge in [0, 0.05) is 11.9 Å². The van der Waals surface area contributed by atoms with Gasteiger partial charge in [-0.1, -0.05) is 24.3 Å². The van der Waals surface area contributed by atoms with Gasteiger partial charge in [0.05, 0.1) is 29.8 Å². The van der Waals surface area contributed by atoms with E-state index in [0.717, 1.165) is 16.8 Å². The number of anilines is 1. The predicted molar refractivity (Wildman–Crippen MR) is 113 cm³/mol. The molecule has 152 valence electrons. The van der Waals surface area contributed by atoms with E-state index >= 15 is 0 Å². The zero-order valence-corrected chi connectivity index (χ0v) is 16.8. The molecule has 0 bridgehead atoms. The Kier molecular flexibility index (Phi) is 5.31. The van der Waals surface area contributed by atoms with Crippen LogP contribution in [0.25, 0.3) is 0 Å². The molecule has 2 atom stereocenters. The first kappa shape index (κ1) is 19.8. The molecule has 4 rings (SSSR count). The summed E-state index contributed by atoms with van der Waals surface area (Å²) in [6.07, 6.45) is 1.72. The molecule has 2 heterocycles. The molecule has 0 unspecified atom stereocenters. The number of nitrogens with one attached hydrogen (secondary N) is 1. The number of hydrogen-bond acceptors (Lipinski definition) is 3. The third kappa shape index (κ3) is 3.81. The van der Waals surface area contributed by atoms with Crippen molar-refractivity contribution in [3.63, 3.8) is 0 Å². The smallest absolute Gasteiger partial charge is 0.260 e. The maximum atomic E-state index is 13.2. The molecule has 0 aliphatic carbocycles. The Morgan fingerprint density at radius 3 is 2.67 bits per heavy atom. The van der Waals surface area contributed by atoms with Crippen LogP contribution in [0, 0.1) is 12.7 Å². The lowest BCUT2D eigenvalue weighted by Crippen LogP contribution is -2.34. The fraction of sp³-hybridized carbons (Fsp3) is 0.208. The lowest BCUT2D eigenvalue weighted by atomic mass is 10.1. The third-order valence-corrected chi connectivity index (χ3v) is 5.32. The molecule has 1 N–H and O–H groups in total. The van der Waals surface area contributed by atoms with Crippen molar-refractivity contribution >= 4 is 17.5 Å². The number of hydrogen-bond donors (Lipinski definition) is 1. The topological polar surface area (TPSA) is 62.3 Å². The highest BCUT2D eigenvalue weighted by Crippen LogP contribution is 2.38. The number of carbonyl (C=O) groups excluding carboxylic acids is 2. The monoisotopic (exact) mass is 403 g/mol. The van der Waals surface area contributed by atoms with Gasteiger partial charge in [0.25, 0.3) is 5.91 Å². The summed E-state index contributed by atoms with van der Waals surface area (Å²) < 4.78 is 13.2. The van der Waals surface area contributed by atoms with Gasteiger partial charge in [-0.05, 0) is 61.4 Å². The summed E-state index contributed by atoms with van der Waals surface area (Å²) in [4.78, 5) is 32.0. The number of amides is 2. The highest BCUT2D eigenvalue weighted by atomic mass is 19.1. The first-order valence-corrected chi connectivity index (χ1v) is 9.84. The second-order valence-corrected chi connectivity index (χ2v) is 7.51. The van der Waals surface area contributed by atoms with Crippen molar-refractivity contribution in [1.82, 2.24) is 10.3 Å². The largest absolute Gasteiger partial charge is 0.350 e. The predicted octanol–water partition coefficient (Wildman–Crippen LogP) is 4.50. The van der Waals surface area contributed by atoms with Gasteiger partial charge in [-0.25, -0.2) is 4.39 Å². The molecule has 3 aromatic rings. The van der Waals surface area contributed by atoms with E-state index in [4.69, 9.17) is 0 Å². The van der Waals surface area contributed by atoms with E-state index in [9.17, 15) is 14.0 Å². The van der Waals surface area contributed by atoms with Crippen LogP contribution in [-0.4, -0.2) is 16.8 Å². The van der Waals surface area contributed by atoms with Crippen molar-refractivity contribution in [3.8, 4) is 0 Å². The van der Waals surface area contributed by atoms with Gasteiger partial charge in [0.1, 0.15) is 5.82 Å². The molecule has 5 nitrogen and oxygen atoms in total. The maximum absolute atomic E-state index is 13.2. The van der Waals surface area contributed by atoms with Gasteiger partial charge in [-0.15, -0.1) is 0 Å². The first-order valence-electron chi connectivity index (χ1n) is 9.84. The number of pyridine rings is 1. The number of rotatable bonds is 5. The second-order valence-electron chi connectivity index (χ2n) is 7.51. The molecule has 0 radical (unpaired) electrons. The van der Waals surface area contributed by atoms with E-state index in [1.54, 1.807) is 35.4 Å². The van der Waals surface area contributed by atoms with Crippen LogP contribution in [0.2, 0.25) is 0 Å². The second kappa shape index (κ2) is 8.06. The van der Waals surface area contributed by atoms with Crippen molar-refractivity contribution in [2.45, 2.75) is 32.4 Å². The fourth-order valence-corrected chi connectivity index (χ4v) is 3.83. The molecule has 2 aromatic carbocycles. The van der Waals surface area contributed by atoms with E-state index in [-0.39, 0.29) is 30.1 Å². The van der Waals surface area contributed by atoms with E-state index < -0.39 is 6.04 Å². The van der Waals surface area contributed by atoms with Crippen LogP contribution in [0.5, 0.6) is 0 Å². The molecular weight excluding hydrogens is 381 g/mol. The number of carbonyl (C=O) groups is 2. The van der Waals surface area contributed by atoms with Crippen molar-refractivity contribution in [3.05, 3.63) is 95.1 Å². The minimum atomic E-state index is -0.490. The van der Waals surface area contributed by atoms with Crippen molar-refractivity contribution < 1.29 is 14.0 Å². The molecule has 0 spiro atoms. The molecular formula is C24H22FN3O2. The SMILES string of the molecule is Cc1cccc(N2C(=O)c3cccnc3[C@H]2CC(=O)N[C@H](C)c2ccc(F)cc2)c1. The Labute approximate surface area is 174 Å². The summed E-state index contributed by atoms with van der Waals surface area (Å²) in [5.41, 5.74) is 3.69. The average Bonchev–Trinajstić information content (AvgIpc) is 3.00. The van der Waals surface area contributed by atoms with Crippen molar-refractivity contribution in [2.75, 3.05) is 4.90 Å². The maximum Gasteiger partial charge on any atom is 0.260 e. The van der Waals surface area contributed by atoms with Gasteiger partial charge in [-0.2, -0.15) is 0 Å². The Balaban J connectivity index is 1.59. The zero-order chi connectivity index (χ0) is 21.3. The van der Waals surface area contributed by atoms with Gasteiger partial charge in [0.2, 0.25) is 5.91 Å². The minimum absolute atomic E-state index is 0.0786. The highest BCUT2D eigenvalue weighted by molar-refractivity contribution is 6.11. The molecule has 1 aromatic heterocycles. The highest BCUT2D eigenvalue weighted by Gasteiger charge is 2.40. The molecule has 0 saturated carbocycles. The summed E-state index contributed by atoms with van der Waals surface area (Å²) in [5, 5.41) is 2.94. The fourth-order valence-electron chi connectivity index (χ4n) is 3.83. The summed E-state index contributed by atoms with van der Waals surface area (Å²) in [6, 6.07) is 16.4. The summed E-state index contributed by atoms with van der Waals surface area (Å²) in [6.45, 7) is 3.80. The Morgan fingerprint density at radius 1 is 1.17 bits per heavy atom. The van der Waals surface area contributed by atoms with Crippen LogP contribution >= 0.6 is 0 Å². The van der Waals surface area contributed by atoms with Crippen molar-refractivity contribution in [1.29, 1.82) is 0 Å². The Bertz CT molecular complexity index is 1100. The van der Waals surface area contributed by atoms with E-state index in [0.29, 0.717) is 11.3 Å². The van der Waals surface area contributed by atoms with Gasteiger partial charge >= 0.3 is 0 Å². The summed E-state index contributed by atoms with van der Waals surface area (Å²) in [7, 11) is 0. The van der Waals surface area contributed by atoms with Crippen molar-refractivity contribution in [2.24, 2.45) is 0 Å². The van der Waals surface area contributed by atoms with E-state index in [2.05, 4.69) is 10.3 Å². The van der Waals surface area contributed by atoms with Gasteiger partial charge in [0.15, 0.2) is 0 Å². The molecule has 1 aliphatic heterocycles. The molecule has 0 fully saturated rings. The minimum Gasteiger partial charge on any atom is -0.350 e. The number of benzene rings is 2. The van der Waals surface area contributed by atoms with Crippen LogP contribution in [0.1, 0.15) is 52.6 Å². The van der Waals surface area contributed by atoms with Crippen LogP contribution in [0.4, 0.5) is 10.1 Å². The van der Waals surface area contributed by atoms with Gasteiger partial charge < -0.3 is 5.32 Å². The average molecular weight is 403 g/mol. The quantitative estimate of drug-likeness (QED) is 0.682. The lowest BCUT2D eigenvalue weighted by molar-refractivity contribution is -0.122. The Morgan fingerprint density at radius 2 is 1.93 bits per heavy atom. The molecule has 2 amide bonds. The molecule has 6 heteroatoms. The normalized spacial score (nSPS) is 16.3. The summed E-state index contributed by atoms with van der Waals surface area (Å²) >= 11 is 0. The first-order chi connectivity index (χ1) is 14.4.